The first-order chi connectivity index (χ1) is 11.4. The summed E-state index contributed by atoms with van der Waals surface area (Å²) < 4.78 is 0. The summed E-state index contributed by atoms with van der Waals surface area (Å²) in [6, 6.07) is 0.132. The molecule has 1 saturated heterocycles. The van der Waals surface area contributed by atoms with E-state index < -0.39 is 0 Å². The van der Waals surface area contributed by atoms with Gasteiger partial charge in [0.2, 0.25) is 11.9 Å². The molecule has 24 heavy (non-hydrogen) atoms. The van der Waals surface area contributed by atoms with Gasteiger partial charge in [0.05, 0.1) is 11.0 Å². The van der Waals surface area contributed by atoms with Crippen LogP contribution in [0.25, 0.3) is 0 Å². The van der Waals surface area contributed by atoms with Crippen molar-refractivity contribution in [2.75, 3.05) is 37.8 Å². The molecule has 3 rings (SSSR count). The Labute approximate surface area is 147 Å². The van der Waals surface area contributed by atoms with Crippen LogP contribution < -0.4 is 10.6 Å². The zero-order valence-electron chi connectivity index (χ0n) is 14.7. The Hall–Kier alpha value is -1.80. The van der Waals surface area contributed by atoms with Crippen LogP contribution in [0, 0.1) is 6.92 Å². The van der Waals surface area contributed by atoms with Gasteiger partial charge in [-0.05, 0) is 39.8 Å². The summed E-state index contributed by atoms with van der Waals surface area (Å²) in [5, 5.41) is 3.42. The van der Waals surface area contributed by atoms with E-state index in [1.807, 2.05) is 19.0 Å². The molecule has 130 valence electrons. The minimum absolute atomic E-state index is 0.132. The predicted octanol–water partition coefficient (Wildman–Crippen LogP) is 2.23. The molecule has 1 atom stereocenters. The van der Waals surface area contributed by atoms with Crippen LogP contribution in [0.15, 0.2) is 5.38 Å². The number of rotatable bonds is 4. The molecule has 1 aliphatic heterocycles. The van der Waals surface area contributed by atoms with E-state index in [0.717, 1.165) is 37.4 Å². The zero-order chi connectivity index (χ0) is 17.3. The highest BCUT2D eigenvalue weighted by atomic mass is 32.1. The Kier molecular flexibility index (Phi) is 4.96. The van der Waals surface area contributed by atoms with Crippen LogP contribution in [0.2, 0.25) is 0 Å². The minimum Gasteiger partial charge on any atom is -0.368 e. The van der Waals surface area contributed by atoms with Gasteiger partial charge in [0.15, 0.2) is 5.82 Å². The second-order valence-electron chi connectivity index (χ2n) is 6.56. The lowest BCUT2D eigenvalue weighted by atomic mass is 9.96. The summed E-state index contributed by atoms with van der Waals surface area (Å²) in [6.07, 6.45) is 2.25. The third kappa shape index (κ3) is 3.64. The van der Waals surface area contributed by atoms with Crippen LogP contribution in [0.1, 0.15) is 48.3 Å². The van der Waals surface area contributed by atoms with Gasteiger partial charge < -0.3 is 10.6 Å². The molecule has 0 radical (unpaired) electrons. The number of nitrogen functional groups attached to an aromatic ring is 1. The summed E-state index contributed by atoms with van der Waals surface area (Å²) in [4.78, 5) is 22.0. The third-order valence-electron chi connectivity index (χ3n) is 4.50. The largest absolute Gasteiger partial charge is 0.368 e. The van der Waals surface area contributed by atoms with E-state index in [-0.39, 0.29) is 12.0 Å². The van der Waals surface area contributed by atoms with E-state index in [0.29, 0.717) is 11.9 Å². The molecule has 3 heterocycles. The lowest BCUT2D eigenvalue weighted by molar-refractivity contribution is 0.156. The molecule has 0 unspecified atom stereocenters. The average molecular weight is 347 g/mol. The highest BCUT2D eigenvalue weighted by Gasteiger charge is 2.27. The molecule has 0 amide bonds. The van der Waals surface area contributed by atoms with Crippen molar-refractivity contribution < 1.29 is 0 Å². The van der Waals surface area contributed by atoms with Crippen LogP contribution in [-0.2, 0) is 0 Å². The number of piperidine rings is 1. The predicted molar refractivity (Wildman–Crippen MR) is 97.4 cm³/mol. The highest BCUT2D eigenvalue weighted by molar-refractivity contribution is 7.09. The molecule has 0 spiro atoms. The molecule has 2 aromatic heterocycles. The summed E-state index contributed by atoms with van der Waals surface area (Å²) in [5.41, 5.74) is 6.98. The molecule has 0 aliphatic carbocycles. The van der Waals surface area contributed by atoms with Crippen molar-refractivity contribution in [2.24, 2.45) is 0 Å². The van der Waals surface area contributed by atoms with Crippen LogP contribution >= 0.6 is 11.3 Å². The maximum Gasteiger partial charge on any atom is 0.229 e. The molecule has 0 saturated carbocycles. The second-order valence-corrected chi connectivity index (χ2v) is 7.45. The summed E-state index contributed by atoms with van der Waals surface area (Å²) in [5.74, 6) is 2.21. The standard InChI is InChI=1S/C16H25N7S/c1-10-9-24-14(18-10)12-5-7-23(8-6-12)11(2)13-19-15(17)21-16(20-13)22(3)4/h9,11-12H,5-8H2,1-4H3,(H2,17,19,20,21)/t11-/m0/s1. The Bertz CT molecular complexity index is 691. The molecule has 0 bridgehead atoms. The van der Waals surface area contributed by atoms with Crippen molar-refractivity contribution in [2.45, 2.75) is 38.6 Å². The smallest absolute Gasteiger partial charge is 0.229 e. The maximum absolute atomic E-state index is 5.85. The van der Waals surface area contributed by atoms with Gasteiger partial charge in [-0.1, -0.05) is 0 Å². The van der Waals surface area contributed by atoms with Gasteiger partial charge in [0.25, 0.3) is 0 Å². The quantitative estimate of drug-likeness (QED) is 0.908. The fourth-order valence-electron chi connectivity index (χ4n) is 3.04. The van der Waals surface area contributed by atoms with Gasteiger partial charge in [-0.2, -0.15) is 15.0 Å². The van der Waals surface area contributed by atoms with Gasteiger partial charge >= 0.3 is 0 Å². The van der Waals surface area contributed by atoms with Crippen molar-refractivity contribution in [1.29, 1.82) is 0 Å². The molecular weight excluding hydrogens is 322 g/mol. The van der Waals surface area contributed by atoms with E-state index >= 15 is 0 Å². The van der Waals surface area contributed by atoms with Gasteiger partial charge in [0, 0.05) is 31.1 Å². The summed E-state index contributed by atoms with van der Waals surface area (Å²) in [6.45, 7) is 6.24. The number of hydrogen-bond donors (Lipinski definition) is 1. The van der Waals surface area contributed by atoms with E-state index in [9.17, 15) is 0 Å². The zero-order valence-corrected chi connectivity index (χ0v) is 15.5. The number of nitrogens with zero attached hydrogens (tertiary/aromatic N) is 6. The SMILES string of the molecule is Cc1csc(C2CCN([C@@H](C)c3nc(N)nc(N(C)C)n3)CC2)n1. The Morgan fingerprint density at radius 3 is 2.50 bits per heavy atom. The fraction of sp³-hybridized carbons (Fsp3) is 0.625. The average Bonchev–Trinajstić information content (AvgIpc) is 3.00. The molecule has 2 aromatic rings. The molecular formula is C16H25N7S. The molecule has 2 N–H and O–H groups in total. The van der Waals surface area contributed by atoms with E-state index in [1.54, 1.807) is 11.3 Å². The Balaban J connectivity index is 1.68. The number of likely N-dealkylation sites (tertiary alicyclic amines) is 1. The second kappa shape index (κ2) is 6.98. The summed E-state index contributed by atoms with van der Waals surface area (Å²) >= 11 is 1.78. The molecule has 1 fully saturated rings. The van der Waals surface area contributed by atoms with Crippen molar-refractivity contribution in [3.63, 3.8) is 0 Å². The number of aryl methyl sites for hydroxylation is 1. The number of nitrogens with two attached hydrogens (primary N) is 1. The topological polar surface area (TPSA) is 84.1 Å². The molecule has 0 aromatic carbocycles. The van der Waals surface area contributed by atoms with Gasteiger partial charge in [-0.25, -0.2) is 4.98 Å². The Morgan fingerprint density at radius 2 is 1.92 bits per heavy atom. The van der Waals surface area contributed by atoms with Crippen molar-refractivity contribution in [1.82, 2.24) is 24.8 Å². The first-order valence-electron chi connectivity index (χ1n) is 8.29. The molecule has 8 heteroatoms. The van der Waals surface area contributed by atoms with E-state index in [2.05, 4.69) is 44.1 Å². The van der Waals surface area contributed by atoms with Crippen LogP contribution in [0.4, 0.5) is 11.9 Å². The number of hydrogen-bond acceptors (Lipinski definition) is 8. The van der Waals surface area contributed by atoms with Gasteiger partial charge in [-0.15, -0.1) is 11.3 Å². The molecule has 1 aliphatic rings. The summed E-state index contributed by atoms with van der Waals surface area (Å²) in [7, 11) is 3.81. The van der Waals surface area contributed by atoms with Crippen molar-refractivity contribution >= 4 is 23.2 Å². The molecule has 7 nitrogen and oxygen atoms in total. The van der Waals surface area contributed by atoms with Gasteiger partial charge in [-0.3, -0.25) is 4.90 Å². The van der Waals surface area contributed by atoms with E-state index in [4.69, 9.17) is 5.73 Å². The first kappa shape index (κ1) is 17.0. The van der Waals surface area contributed by atoms with Crippen LogP contribution in [0.3, 0.4) is 0 Å². The van der Waals surface area contributed by atoms with E-state index in [1.165, 1.54) is 5.01 Å². The normalized spacial score (nSPS) is 17.8. The van der Waals surface area contributed by atoms with Crippen molar-refractivity contribution in [3.8, 4) is 0 Å². The van der Waals surface area contributed by atoms with Crippen LogP contribution in [-0.4, -0.2) is 52.0 Å². The Morgan fingerprint density at radius 1 is 1.21 bits per heavy atom. The number of thiazole rings is 1. The highest BCUT2D eigenvalue weighted by Crippen LogP contribution is 2.33. The van der Waals surface area contributed by atoms with Crippen LogP contribution in [0.5, 0.6) is 0 Å². The number of aromatic nitrogens is 4. The maximum atomic E-state index is 5.85. The first-order valence-corrected chi connectivity index (χ1v) is 9.17. The number of anilines is 2. The third-order valence-corrected chi connectivity index (χ3v) is 5.62. The lowest BCUT2D eigenvalue weighted by Crippen LogP contribution is -2.36. The van der Waals surface area contributed by atoms with Gasteiger partial charge in [0.1, 0.15) is 0 Å². The minimum atomic E-state index is 0.132. The lowest BCUT2D eigenvalue weighted by Gasteiger charge is -2.34. The monoisotopic (exact) mass is 347 g/mol. The fourth-order valence-corrected chi connectivity index (χ4v) is 4.01. The van der Waals surface area contributed by atoms with Crippen molar-refractivity contribution in [3.05, 3.63) is 21.9 Å².